The Morgan fingerprint density at radius 1 is 0.551 bits per heavy atom. The van der Waals surface area contributed by atoms with Gasteiger partial charge < -0.3 is 34.3 Å². The van der Waals surface area contributed by atoms with E-state index in [-0.39, 0.29) is 19.6 Å². The smallest absolute Gasteiger partial charge is 0.397 e. The van der Waals surface area contributed by atoms with Crippen molar-refractivity contribution in [3.05, 3.63) is 48.6 Å². The van der Waals surface area contributed by atoms with Crippen molar-refractivity contribution in [2.45, 2.75) is 275 Å². The number of unbranched alkanes of at least 4 members (excludes halogenated alkanes) is 28. The van der Waals surface area contributed by atoms with Gasteiger partial charge in [-0.3, -0.25) is 9.35 Å². The van der Waals surface area contributed by atoms with Crippen molar-refractivity contribution < 1.29 is 56.2 Å². The number of carbonyl (C=O) groups excluding carboxylic acids is 1. The van der Waals surface area contributed by atoms with Gasteiger partial charge in [0, 0.05) is 13.0 Å². The maximum Gasteiger partial charge on any atom is 0.397 e. The van der Waals surface area contributed by atoms with E-state index < -0.39 is 59.8 Å². The second-order valence-electron chi connectivity index (χ2n) is 19.2. The summed E-state index contributed by atoms with van der Waals surface area (Å²) in [5, 5.41) is 30.8. The summed E-state index contributed by atoms with van der Waals surface area (Å²) < 4.78 is 59.4. The zero-order valence-electron chi connectivity index (χ0n) is 43.6. The van der Waals surface area contributed by atoms with Gasteiger partial charge in [-0.15, -0.1) is 0 Å². The van der Waals surface area contributed by atoms with E-state index in [9.17, 15) is 33.1 Å². The summed E-state index contributed by atoms with van der Waals surface area (Å²) in [5.41, 5.74) is 0. The van der Waals surface area contributed by atoms with E-state index in [2.05, 4.69) is 66.6 Å². The molecular formula is C56H102O12S. The third-order valence-electron chi connectivity index (χ3n) is 12.7. The van der Waals surface area contributed by atoms with Gasteiger partial charge in [0.15, 0.2) is 6.29 Å². The first kappa shape index (κ1) is 65.1. The Bertz CT molecular complexity index is 1380. The van der Waals surface area contributed by atoms with Crippen LogP contribution in [0, 0.1) is 0 Å². The van der Waals surface area contributed by atoms with Crippen LogP contribution in [-0.4, -0.2) is 97.5 Å². The van der Waals surface area contributed by atoms with Crippen LogP contribution >= 0.6 is 0 Å². The maximum absolute atomic E-state index is 12.9. The summed E-state index contributed by atoms with van der Waals surface area (Å²) in [6.07, 6.45) is 49.9. The van der Waals surface area contributed by atoms with Crippen LogP contribution in [0.2, 0.25) is 0 Å². The number of esters is 1. The lowest BCUT2D eigenvalue weighted by Gasteiger charge is -2.41. The van der Waals surface area contributed by atoms with Crippen LogP contribution in [0.5, 0.6) is 0 Å². The average molecular weight is 999 g/mol. The lowest BCUT2D eigenvalue weighted by atomic mass is 9.99. The van der Waals surface area contributed by atoms with Crippen molar-refractivity contribution in [1.82, 2.24) is 0 Å². The molecule has 1 saturated heterocycles. The number of hydrogen-bond acceptors (Lipinski definition) is 11. The molecule has 0 aromatic carbocycles. The summed E-state index contributed by atoms with van der Waals surface area (Å²) in [4.78, 5) is 12.9. The van der Waals surface area contributed by atoms with Crippen molar-refractivity contribution in [3.63, 3.8) is 0 Å². The Hall–Kier alpha value is -1.94. The molecule has 1 aliphatic rings. The Labute approximate surface area is 421 Å². The molecule has 4 N–H and O–H groups in total. The second kappa shape index (κ2) is 47.1. The van der Waals surface area contributed by atoms with E-state index in [0.29, 0.717) is 13.0 Å². The fourth-order valence-corrected chi connectivity index (χ4v) is 8.95. The first-order chi connectivity index (χ1) is 33.6. The number of hydrogen-bond donors (Lipinski definition) is 4. The summed E-state index contributed by atoms with van der Waals surface area (Å²) in [5.74, 6) is -0.406. The highest BCUT2D eigenvalue weighted by atomic mass is 32.3. The fourth-order valence-electron chi connectivity index (χ4n) is 8.44. The third-order valence-corrected chi connectivity index (χ3v) is 13.1. The van der Waals surface area contributed by atoms with Crippen LogP contribution < -0.4 is 0 Å². The van der Waals surface area contributed by atoms with Gasteiger partial charge in [-0.05, 0) is 77.0 Å². The van der Waals surface area contributed by atoms with Crippen LogP contribution in [0.25, 0.3) is 0 Å². The first-order valence-corrected chi connectivity index (χ1v) is 29.3. The lowest BCUT2D eigenvalue weighted by molar-refractivity contribution is -0.301. The molecular weight excluding hydrogens is 897 g/mol. The largest absolute Gasteiger partial charge is 0.457 e. The van der Waals surface area contributed by atoms with E-state index >= 15 is 0 Å². The fraction of sp³-hybridized carbons (Fsp3) is 0.839. The van der Waals surface area contributed by atoms with Crippen molar-refractivity contribution in [3.8, 4) is 0 Å². The summed E-state index contributed by atoms with van der Waals surface area (Å²) in [6.45, 7) is 3.99. The van der Waals surface area contributed by atoms with Gasteiger partial charge in [-0.1, -0.05) is 204 Å². The Morgan fingerprint density at radius 3 is 1.41 bits per heavy atom. The van der Waals surface area contributed by atoms with Gasteiger partial charge in [0.1, 0.15) is 30.5 Å². The Balaban J connectivity index is 2.33. The zero-order chi connectivity index (χ0) is 50.3. The van der Waals surface area contributed by atoms with Gasteiger partial charge in [0.05, 0.1) is 19.8 Å². The van der Waals surface area contributed by atoms with E-state index in [1.54, 1.807) is 0 Å². The Morgan fingerprint density at radius 2 is 0.957 bits per heavy atom. The number of rotatable bonds is 49. The van der Waals surface area contributed by atoms with E-state index in [0.717, 1.165) is 57.8 Å². The van der Waals surface area contributed by atoms with Gasteiger partial charge in [0.2, 0.25) is 0 Å². The molecule has 6 atom stereocenters. The van der Waals surface area contributed by atoms with Gasteiger partial charge in [-0.2, -0.15) is 8.42 Å². The summed E-state index contributed by atoms with van der Waals surface area (Å²) in [7, 11) is -5.07. The van der Waals surface area contributed by atoms with Gasteiger partial charge >= 0.3 is 16.4 Å². The van der Waals surface area contributed by atoms with Crippen LogP contribution in [0.4, 0.5) is 0 Å². The number of carbonyl (C=O) groups is 1. The molecule has 13 heteroatoms. The highest BCUT2D eigenvalue weighted by Gasteiger charge is 2.48. The van der Waals surface area contributed by atoms with Crippen molar-refractivity contribution in [2.24, 2.45) is 0 Å². The lowest BCUT2D eigenvalue weighted by Crippen LogP contribution is -2.60. The normalized spacial score (nSPS) is 19.5. The number of aliphatic hydroxyl groups is 3. The molecule has 0 spiro atoms. The highest BCUT2D eigenvalue weighted by Crippen LogP contribution is 2.26. The molecule has 0 aromatic rings. The molecule has 69 heavy (non-hydrogen) atoms. The molecule has 404 valence electrons. The molecule has 6 unspecified atom stereocenters. The average Bonchev–Trinajstić information content (AvgIpc) is 3.32. The summed E-state index contributed by atoms with van der Waals surface area (Å²) in [6, 6.07) is 0. The molecule has 1 heterocycles. The predicted molar refractivity (Wildman–Crippen MR) is 280 cm³/mol. The van der Waals surface area contributed by atoms with Crippen LogP contribution in [0.1, 0.15) is 239 Å². The molecule has 0 radical (unpaired) electrons. The number of ether oxygens (including phenoxy) is 4. The van der Waals surface area contributed by atoms with Gasteiger partial charge in [-0.25, -0.2) is 4.18 Å². The highest BCUT2D eigenvalue weighted by molar-refractivity contribution is 7.80. The van der Waals surface area contributed by atoms with Crippen LogP contribution in [0.15, 0.2) is 48.6 Å². The number of aliphatic hydroxyl groups excluding tert-OH is 3. The number of allylic oxidation sites excluding steroid dienone is 8. The minimum Gasteiger partial charge on any atom is -0.457 e. The zero-order valence-corrected chi connectivity index (χ0v) is 44.4. The van der Waals surface area contributed by atoms with Crippen molar-refractivity contribution >= 4 is 16.4 Å². The van der Waals surface area contributed by atoms with Crippen molar-refractivity contribution in [2.75, 3.05) is 26.4 Å². The molecule has 1 rings (SSSR count). The molecule has 1 aliphatic heterocycles. The molecule has 0 aliphatic carbocycles. The minimum absolute atomic E-state index is 0.0309. The maximum atomic E-state index is 12.9. The Kier molecular flexibility index (Phi) is 44.4. The van der Waals surface area contributed by atoms with Crippen LogP contribution in [0.3, 0.4) is 0 Å². The first-order valence-electron chi connectivity index (χ1n) is 27.9. The molecule has 0 bridgehead atoms. The van der Waals surface area contributed by atoms with Gasteiger partial charge in [0.25, 0.3) is 0 Å². The molecule has 12 nitrogen and oxygen atoms in total. The predicted octanol–water partition coefficient (Wildman–Crippen LogP) is 13.5. The van der Waals surface area contributed by atoms with E-state index in [4.69, 9.17) is 18.9 Å². The molecule has 0 aromatic heterocycles. The van der Waals surface area contributed by atoms with Crippen molar-refractivity contribution in [1.29, 1.82) is 0 Å². The monoisotopic (exact) mass is 999 g/mol. The standard InChI is InChI=1S/C56H102O12S/c1-3-5-7-9-11-13-15-17-19-21-23-24-25-26-27-29-31-33-35-37-39-41-43-45-52(58)66-50(49-65-56-54(60)55(68-69(61,62)63)53(59)51(47-57)67-56)48-64-46-44-42-40-38-36-34-32-30-28-22-20-18-16-14-12-10-8-6-4-2/h15,17,20-23,25-26,50-51,53-57,59-60H,3-14,16,18-19,24,27-49H2,1-2H3,(H,61,62,63)/b17-15-,22-20-,23-21-,26-25-. The van der Waals surface area contributed by atoms with Crippen LogP contribution in [-0.2, 0) is 38.3 Å². The van der Waals surface area contributed by atoms with E-state index in [1.807, 2.05) is 0 Å². The molecule has 0 saturated carbocycles. The SMILES string of the molecule is CCCCCCC/C=C\C/C=C\C/C=C\CCCCCCCCCCC(=O)OC(COCCCCCCCCCC/C=C\CCCCCCCCC)COC1OC(CO)C(O)C(OS(=O)(=O)O)C1O. The van der Waals surface area contributed by atoms with E-state index in [1.165, 1.54) is 154 Å². The molecule has 1 fully saturated rings. The molecule has 0 amide bonds. The topological polar surface area (TPSA) is 178 Å². The minimum atomic E-state index is -5.07. The second-order valence-corrected chi connectivity index (χ2v) is 20.2. The quantitative estimate of drug-likeness (QED) is 0.0196. The third kappa shape index (κ3) is 40.3. The summed E-state index contributed by atoms with van der Waals surface area (Å²) >= 11 is 0.